The summed E-state index contributed by atoms with van der Waals surface area (Å²) in [6, 6.07) is 7.98. The van der Waals surface area contributed by atoms with Crippen molar-refractivity contribution < 1.29 is 9.52 Å². The van der Waals surface area contributed by atoms with Gasteiger partial charge >= 0.3 is 0 Å². The molecule has 0 aliphatic heterocycles. The summed E-state index contributed by atoms with van der Waals surface area (Å²) in [5.74, 6) is 0.628. The third-order valence-electron chi connectivity index (χ3n) is 2.20. The highest BCUT2D eigenvalue weighted by molar-refractivity contribution is 5.78. The van der Waals surface area contributed by atoms with Gasteiger partial charge in [0.25, 0.3) is 0 Å². The zero-order valence-electron chi connectivity index (χ0n) is 7.58. The molecule has 0 fully saturated rings. The van der Waals surface area contributed by atoms with Crippen LogP contribution in [0.25, 0.3) is 11.0 Å². The van der Waals surface area contributed by atoms with E-state index in [1.807, 2.05) is 18.2 Å². The summed E-state index contributed by atoms with van der Waals surface area (Å²) in [6.45, 7) is 2.09. The minimum Gasteiger partial charge on any atom is -0.459 e. The number of aliphatic hydroxyl groups is 1. The standard InChI is InChI=1S/C11H12O2/c1-2-8-3-4-11-9(5-8)6-10(7-12)13-11/h3-6,12H,2,7H2,1H3. The summed E-state index contributed by atoms with van der Waals surface area (Å²) in [4.78, 5) is 0. The van der Waals surface area contributed by atoms with Gasteiger partial charge in [-0.1, -0.05) is 13.0 Å². The minimum absolute atomic E-state index is 0.0316. The van der Waals surface area contributed by atoms with E-state index in [0.29, 0.717) is 5.76 Å². The molecule has 2 heteroatoms. The SMILES string of the molecule is CCc1ccc2oc(CO)cc2c1. The molecule has 1 aromatic heterocycles. The molecule has 0 unspecified atom stereocenters. The van der Waals surface area contributed by atoms with Crippen LogP contribution < -0.4 is 0 Å². The first-order chi connectivity index (χ1) is 6.33. The van der Waals surface area contributed by atoms with Gasteiger partial charge in [-0.2, -0.15) is 0 Å². The van der Waals surface area contributed by atoms with Crippen LogP contribution in [0, 0.1) is 0 Å². The monoisotopic (exact) mass is 176 g/mol. The van der Waals surface area contributed by atoms with Gasteiger partial charge in [-0.3, -0.25) is 0 Å². The van der Waals surface area contributed by atoms with Crippen molar-refractivity contribution in [2.24, 2.45) is 0 Å². The van der Waals surface area contributed by atoms with Gasteiger partial charge in [0.05, 0.1) is 0 Å². The molecule has 0 aliphatic carbocycles. The summed E-state index contributed by atoms with van der Waals surface area (Å²) >= 11 is 0. The van der Waals surface area contributed by atoms with E-state index in [0.717, 1.165) is 17.4 Å². The Morgan fingerprint density at radius 3 is 2.85 bits per heavy atom. The Morgan fingerprint density at radius 1 is 1.31 bits per heavy atom. The van der Waals surface area contributed by atoms with Gasteiger partial charge in [-0.25, -0.2) is 0 Å². The first kappa shape index (κ1) is 8.32. The molecule has 13 heavy (non-hydrogen) atoms. The van der Waals surface area contributed by atoms with E-state index in [9.17, 15) is 0 Å². The van der Waals surface area contributed by atoms with Crippen LogP contribution in [0.1, 0.15) is 18.2 Å². The Labute approximate surface area is 76.8 Å². The maximum atomic E-state index is 8.87. The lowest BCUT2D eigenvalue weighted by atomic mass is 10.1. The number of aliphatic hydroxyl groups excluding tert-OH is 1. The fraction of sp³-hybridized carbons (Fsp3) is 0.273. The first-order valence-corrected chi connectivity index (χ1v) is 4.45. The van der Waals surface area contributed by atoms with Crippen molar-refractivity contribution >= 4 is 11.0 Å². The summed E-state index contributed by atoms with van der Waals surface area (Å²) in [7, 11) is 0. The van der Waals surface area contributed by atoms with Gasteiger partial charge in [0.2, 0.25) is 0 Å². The van der Waals surface area contributed by atoms with E-state index in [-0.39, 0.29) is 6.61 Å². The molecular weight excluding hydrogens is 164 g/mol. The normalized spacial score (nSPS) is 10.9. The highest BCUT2D eigenvalue weighted by atomic mass is 16.4. The van der Waals surface area contributed by atoms with Crippen molar-refractivity contribution in [3.8, 4) is 0 Å². The van der Waals surface area contributed by atoms with Gasteiger partial charge in [0.1, 0.15) is 18.0 Å². The second-order valence-electron chi connectivity index (χ2n) is 3.10. The Balaban J connectivity index is 2.57. The predicted octanol–water partition coefficient (Wildman–Crippen LogP) is 2.49. The molecular formula is C11H12O2. The van der Waals surface area contributed by atoms with Crippen LogP contribution in [0.5, 0.6) is 0 Å². The van der Waals surface area contributed by atoms with Crippen LogP contribution in [0.4, 0.5) is 0 Å². The number of hydrogen-bond donors (Lipinski definition) is 1. The Morgan fingerprint density at radius 2 is 2.15 bits per heavy atom. The average molecular weight is 176 g/mol. The highest BCUT2D eigenvalue weighted by Gasteiger charge is 2.02. The number of furan rings is 1. The van der Waals surface area contributed by atoms with Crippen LogP contribution >= 0.6 is 0 Å². The second kappa shape index (κ2) is 3.23. The molecule has 68 valence electrons. The summed E-state index contributed by atoms with van der Waals surface area (Å²) in [5.41, 5.74) is 2.14. The molecule has 0 aliphatic rings. The van der Waals surface area contributed by atoms with Crippen LogP contribution in [0.2, 0.25) is 0 Å². The average Bonchev–Trinajstić information content (AvgIpc) is 2.58. The molecule has 2 aromatic rings. The van der Waals surface area contributed by atoms with Crippen LogP contribution in [0.3, 0.4) is 0 Å². The van der Waals surface area contributed by atoms with Crippen molar-refractivity contribution in [2.45, 2.75) is 20.0 Å². The fourth-order valence-corrected chi connectivity index (χ4v) is 1.45. The molecule has 0 spiro atoms. The van der Waals surface area contributed by atoms with Crippen molar-refractivity contribution in [1.29, 1.82) is 0 Å². The van der Waals surface area contributed by atoms with Gasteiger partial charge in [-0.15, -0.1) is 0 Å². The first-order valence-electron chi connectivity index (χ1n) is 4.45. The lowest BCUT2D eigenvalue weighted by Gasteiger charge is -1.93. The third kappa shape index (κ3) is 1.45. The molecule has 0 saturated carbocycles. The van der Waals surface area contributed by atoms with Crippen molar-refractivity contribution in [3.05, 3.63) is 35.6 Å². The number of hydrogen-bond acceptors (Lipinski definition) is 2. The zero-order chi connectivity index (χ0) is 9.26. The van der Waals surface area contributed by atoms with E-state index < -0.39 is 0 Å². The molecule has 1 heterocycles. The van der Waals surface area contributed by atoms with Crippen LogP contribution in [0.15, 0.2) is 28.7 Å². The van der Waals surface area contributed by atoms with E-state index in [4.69, 9.17) is 9.52 Å². The number of benzene rings is 1. The van der Waals surface area contributed by atoms with Crippen molar-refractivity contribution in [2.75, 3.05) is 0 Å². The van der Waals surface area contributed by atoms with Gasteiger partial charge < -0.3 is 9.52 Å². The molecule has 2 rings (SSSR count). The van der Waals surface area contributed by atoms with Crippen molar-refractivity contribution in [3.63, 3.8) is 0 Å². The molecule has 0 amide bonds. The summed E-state index contributed by atoms with van der Waals surface area (Å²) in [6.07, 6.45) is 1.02. The summed E-state index contributed by atoms with van der Waals surface area (Å²) in [5, 5.41) is 9.94. The number of rotatable bonds is 2. The van der Waals surface area contributed by atoms with Crippen LogP contribution in [-0.4, -0.2) is 5.11 Å². The fourth-order valence-electron chi connectivity index (χ4n) is 1.45. The molecule has 1 aromatic carbocycles. The molecule has 0 radical (unpaired) electrons. The van der Waals surface area contributed by atoms with E-state index in [2.05, 4.69) is 13.0 Å². The molecule has 0 saturated heterocycles. The molecule has 1 N–H and O–H groups in total. The van der Waals surface area contributed by atoms with Crippen LogP contribution in [-0.2, 0) is 13.0 Å². The van der Waals surface area contributed by atoms with Crippen molar-refractivity contribution in [1.82, 2.24) is 0 Å². The smallest absolute Gasteiger partial charge is 0.134 e. The Hall–Kier alpha value is -1.28. The largest absolute Gasteiger partial charge is 0.459 e. The molecule has 0 atom stereocenters. The van der Waals surface area contributed by atoms with Gasteiger partial charge in [0, 0.05) is 5.39 Å². The maximum Gasteiger partial charge on any atom is 0.134 e. The maximum absolute atomic E-state index is 8.87. The topological polar surface area (TPSA) is 33.4 Å². The Bertz CT molecular complexity index is 413. The highest BCUT2D eigenvalue weighted by Crippen LogP contribution is 2.20. The summed E-state index contributed by atoms with van der Waals surface area (Å²) < 4.78 is 5.37. The quantitative estimate of drug-likeness (QED) is 0.762. The predicted molar refractivity (Wildman–Crippen MR) is 51.5 cm³/mol. The Kier molecular flexibility index (Phi) is 2.07. The third-order valence-corrected chi connectivity index (χ3v) is 2.20. The van der Waals surface area contributed by atoms with Gasteiger partial charge in [0.15, 0.2) is 0 Å². The molecule has 0 bridgehead atoms. The minimum atomic E-state index is -0.0316. The van der Waals surface area contributed by atoms with Gasteiger partial charge in [-0.05, 0) is 30.2 Å². The second-order valence-corrected chi connectivity index (χ2v) is 3.10. The van der Waals surface area contributed by atoms with E-state index in [1.54, 1.807) is 0 Å². The zero-order valence-corrected chi connectivity index (χ0v) is 7.58. The molecule has 2 nitrogen and oxygen atoms in total. The number of fused-ring (bicyclic) bond motifs is 1. The van der Waals surface area contributed by atoms with E-state index in [1.165, 1.54) is 5.56 Å². The number of aryl methyl sites for hydroxylation is 1. The van der Waals surface area contributed by atoms with E-state index >= 15 is 0 Å². The lowest BCUT2D eigenvalue weighted by molar-refractivity contribution is 0.251. The lowest BCUT2D eigenvalue weighted by Crippen LogP contribution is -1.76.